The van der Waals surface area contributed by atoms with Crippen LogP contribution >= 0.6 is 0 Å². The molecule has 66 heavy (non-hydrogen) atoms. The summed E-state index contributed by atoms with van der Waals surface area (Å²) in [7, 11) is 0. The van der Waals surface area contributed by atoms with Gasteiger partial charge in [-0.05, 0) is 119 Å². The number of aryl methyl sites for hydroxylation is 2. The van der Waals surface area contributed by atoms with Crippen molar-refractivity contribution in [2.75, 3.05) is 26.4 Å². The number of esters is 2. The van der Waals surface area contributed by atoms with Crippen LogP contribution in [0.1, 0.15) is 96.6 Å². The zero-order valence-electron chi connectivity index (χ0n) is 38.0. The Morgan fingerprint density at radius 1 is 0.439 bits per heavy atom. The van der Waals surface area contributed by atoms with Gasteiger partial charge in [0.1, 0.15) is 11.5 Å². The molecular formula is C58H58O8. The molecular weight excluding hydrogens is 825 g/mol. The van der Waals surface area contributed by atoms with E-state index in [0.717, 1.165) is 107 Å². The summed E-state index contributed by atoms with van der Waals surface area (Å²) in [6, 6.07) is 40.8. The fourth-order valence-corrected chi connectivity index (χ4v) is 9.86. The van der Waals surface area contributed by atoms with Crippen LogP contribution in [0.25, 0.3) is 33.4 Å². The molecule has 0 spiro atoms. The molecule has 2 fully saturated rings. The largest absolute Gasteiger partial charge is 0.426 e. The van der Waals surface area contributed by atoms with Crippen molar-refractivity contribution in [2.45, 2.75) is 90.6 Å². The zero-order valence-corrected chi connectivity index (χ0v) is 38.0. The first-order chi connectivity index (χ1) is 32.3. The van der Waals surface area contributed by atoms with Crippen LogP contribution in [0.4, 0.5) is 0 Å². The number of fused-ring (bicyclic) bond motifs is 2. The lowest BCUT2D eigenvalue weighted by Crippen LogP contribution is -2.24. The van der Waals surface area contributed by atoms with Crippen LogP contribution in [0, 0.1) is 11.8 Å². The Hall–Kier alpha value is -5.90. The monoisotopic (exact) mass is 882 g/mol. The molecule has 0 unspecified atom stereocenters. The number of hydrogen-bond acceptors (Lipinski definition) is 8. The number of rotatable bonds is 11. The highest BCUT2D eigenvalue weighted by molar-refractivity contribution is 5.88. The Balaban J connectivity index is 0.857. The van der Waals surface area contributed by atoms with Crippen LogP contribution in [-0.2, 0) is 67.1 Å². The predicted octanol–water partition coefficient (Wildman–Crippen LogP) is 12.1. The Labute approximate surface area is 388 Å². The third-order valence-corrected chi connectivity index (χ3v) is 13.5. The highest BCUT2D eigenvalue weighted by atomic mass is 16.7. The molecule has 2 aliphatic heterocycles. The number of hydrogen-bond donors (Lipinski definition) is 0. The fraction of sp³-hybridized carbons (Fsp3) is 0.345. The van der Waals surface area contributed by atoms with E-state index in [1.165, 1.54) is 22.3 Å². The van der Waals surface area contributed by atoms with Gasteiger partial charge < -0.3 is 28.4 Å². The summed E-state index contributed by atoms with van der Waals surface area (Å²) in [6.45, 7) is 7.01. The highest BCUT2D eigenvalue weighted by Crippen LogP contribution is 2.47. The Morgan fingerprint density at radius 2 is 0.773 bits per heavy atom. The van der Waals surface area contributed by atoms with E-state index in [9.17, 15) is 9.59 Å². The van der Waals surface area contributed by atoms with Crippen LogP contribution in [-0.4, -0.2) is 38.4 Å². The maximum Gasteiger partial charge on any atom is 0.315 e. The highest BCUT2D eigenvalue weighted by Gasteiger charge is 2.29. The zero-order chi connectivity index (χ0) is 45.0. The van der Waals surface area contributed by atoms with Crippen molar-refractivity contribution < 1.29 is 38.0 Å². The second-order valence-corrected chi connectivity index (χ2v) is 18.7. The fourth-order valence-electron chi connectivity index (χ4n) is 9.86. The molecule has 8 nitrogen and oxygen atoms in total. The first-order valence-electron chi connectivity index (χ1n) is 23.9. The average Bonchev–Trinajstić information content (AvgIpc) is 3.35. The lowest BCUT2D eigenvalue weighted by Gasteiger charge is -2.27. The Morgan fingerprint density at radius 3 is 1.14 bits per heavy atom. The van der Waals surface area contributed by atoms with Crippen LogP contribution in [0.5, 0.6) is 11.5 Å². The minimum absolute atomic E-state index is 0.118. The molecule has 0 amide bonds. The maximum atomic E-state index is 13.9. The average molecular weight is 883 g/mol. The Bertz CT molecular complexity index is 2470. The SMILES string of the molecule is CC1COC(c2ccc(-c3ccc(CC(=O)Oc4ccc5c(c4-c4c(OC(=O)Cc6ccc(-c7ccc(C8OCC(C)CO8)cc7)cc6)ccc6c4CCCC6)CCCC5)cc3)cc2)OC1. The van der Waals surface area contributed by atoms with Crippen LogP contribution in [0.2, 0.25) is 0 Å². The molecule has 2 heterocycles. The maximum absolute atomic E-state index is 13.9. The van der Waals surface area contributed by atoms with E-state index in [4.69, 9.17) is 28.4 Å². The smallest absolute Gasteiger partial charge is 0.315 e. The minimum atomic E-state index is -0.337. The minimum Gasteiger partial charge on any atom is -0.426 e. The van der Waals surface area contributed by atoms with Crippen LogP contribution < -0.4 is 9.47 Å². The van der Waals surface area contributed by atoms with Crippen molar-refractivity contribution in [2.24, 2.45) is 11.8 Å². The number of ether oxygens (including phenoxy) is 6. The lowest BCUT2D eigenvalue weighted by molar-refractivity contribution is -0.202. The molecule has 0 N–H and O–H groups in total. The standard InChI is InChI=1S/C58H58O8/c1-37-33-61-57(62-34-37)47-23-19-43(20-24-47)41-15-11-39(12-16-41)31-53(59)65-51-29-27-45-7-3-5-9-49(45)55(51)56-50-10-6-4-8-46(50)28-30-52(56)66-54(60)32-40-13-17-42(18-14-40)44-21-25-48(26-22-44)58-63-35-38(2)36-64-58/h11-30,37-38,57-58H,3-10,31-36H2,1-2H3. The molecule has 0 radical (unpaired) electrons. The third kappa shape index (κ3) is 9.93. The van der Waals surface area contributed by atoms with Crippen molar-refractivity contribution in [3.8, 4) is 44.9 Å². The topological polar surface area (TPSA) is 89.5 Å². The molecule has 4 aliphatic rings. The van der Waals surface area contributed by atoms with Gasteiger partial charge in [0.25, 0.3) is 0 Å². The molecule has 2 aliphatic carbocycles. The first-order valence-corrected chi connectivity index (χ1v) is 23.9. The van der Waals surface area contributed by atoms with E-state index < -0.39 is 0 Å². The van der Waals surface area contributed by atoms with Crippen LogP contribution in [0.3, 0.4) is 0 Å². The molecule has 0 bridgehead atoms. The first kappa shape index (κ1) is 44.0. The predicted molar refractivity (Wildman–Crippen MR) is 255 cm³/mol. The van der Waals surface area contributed by atoms with E-state index in [2.05, 4.69) is 74.5 Å². The van der Waals surface area contributed by atoms with Gasteiger partial charge in [-0.1, -0.05) is 123 Å². The molecule has 6 aromatic rings. The summed E-state index contributed by atoms with van der Waals surface area (Å²) < 4.78 is 36.3. The second kappa shape index (κ2) is 19.9. The number of carbonyl (C=O) groups excluding carboxylic acids is 2. The van der Waals surface area contributed by atoms with Gasteiger partial charge in [-0.2, -0.15) is 0 Å². The molecule has 0 atom stereocenters. The van der Waals surface area contributed by atoms with Gasteiger partial charge in [0, 0.05) is 34.1 Å². The number of carbonyl (C=O) groups is 2. The molecule has 10 rings (SSSR count). The van der Waals surface area contributed by atoms with Crippen LogP contribution in [0.15, 0.2) is 121 Å². The van der Waals surface area contributed by atoms with E-state index in [0.29, 0.717) is 49.8 Å². The molecule has 0 aromatic heterocycles. The van der Waals surface area contributed by atoms with Crippen molar-refractivity contribution in [1.82, 2.24) is 0 Å². The molecule has 6 aromatic carbocycles. The van der Waals surface area contributed by atoms with Crippen molar-refractivity contribution >= 4 is 11.9 Å². The van der Waals surface area contributed by atoms with Gasteiger partial charge in [-0.3, -0.25) is 9.59 Å². The quantitative estimate of drug-likeness (QED) is 0.0939. The summed E-state index contributed by atoms with van der Waals surface area (Å²) in [5.74, 6) is 1.16. The van der Waals surface area contributed by atoms with E-state index in [1.54, 1.807) is 0 Å². The van der Waals surface area contributed by atoms with Crippen molar-refractivity contribution in [3.63, 3.8) is 0 Å². The summed E-state index contributed by atoms with van der Waals surface area (Å²) in [5, 5.41) is 0. The number of benzene rings is 6. The van der Waals surface area contributed by atoms with E-state index in [1.807, 2.05) is 60.7 Å². The second-order valence-electron chi connectivity index (χ2n) is 18.7. The molecule has 0 saturated carbocycles. The van der Waals surface area contributed by atoms with E-state index in [-0.39, 0.29) is 37.4 Å². The van der Waals surface area contributed by atoms with Gasteiger partial charge in [0.15, 0.2) is 12.6 Å². The summed E-state index contributed by atoms with van der Waals surface area (Å²) in [4.78, 5) is 27.8. The summed E-state index contributed by atoms with van der Waals surface area (Å²) in [5.41, 5.74) is 14.7. The van der Waals surface area contributed by atoms with Gasteiger partial charge in [-0.15, -0.1) is 0 Å². The van der Waals surface area contributed by atoms with Gasteiger partial charge >= 0.3 is 11.9 Å². The van der Waals surface area contributed by atoms with Gasteiger partial charge in [0.05, 0.1) is 39.3 Å². The van der Waals surface area contributed by atoms with Crippen molar-refractivity contribution in [1.29, 1.82) is 0 Å². The summed E-state index contributed by atoms with van der Waals surface area (Å²) in [6.07, 6.45) is 7.52. The Kier molecular flexibility index (Phi) is 13.3. The van der Waals surface area contributed by atoms with Gasteiger partial charge in [-0.25, -0.2) is 0 Å². The van der Waals surface area contributed by atoms with E-state index >= 15 is 0 Å². The van der Waals surface area contributed by atoms with Gasteiger partial charge in [0.2, 0.25) is 0 Å². The molecule has 8 heteroatoms. The third-order valence-electron chi connectivity index (χ3n) is 13.5. The molecule has 2 saturated heterocycles. The van der Waals surface area contributed by atoms with Crippen molar-refractivity contribution in [3.05, 3.63) is 166 Å². The normalized spacial score (nSPS) is 20.5. The lowest BCUT2D eigenvalue weighted by atomic mass is 9.80. The summed E-state index contributed by atoms with van der Waals surface area (Å²) >= 11 is 0. The molecule has 338 valence electrons.